The van der Waals surface area contributed by atoms with Crippen molar-refractivity contribution in [2.75, 3.05) is 44.4 Å². The number of anilines is 3. The van der Waals surface area contributed by atoms with Crippen molar-refractivity contribution in [2.45, 2.75) is 44.7 Å². The lowest BCUT2D eigenvalue weighted by molar-refractivity contribution is -0.119. The van der Waals surface area contributed by atoms with Crippen LogP contribution in [0, 0.1) is 12.3 Å². The van der Waals surface area contributed by atoms with Gasteiger partial charge in [-0.2, -0.15) is 4.98 Å². The number of hydrogen-bond donors (Lipinski definition) is 2. The SMILES string of the molecule is C#Cc1cc(=O)n(C2CCC(NC(C)=O)CC2)c2nc(Nc3ccc(N(C)CCN(C)C)cc3)ncc12. The molecule has 1 fully saturated rings. The van der Waals surface area contributed by atoms with E-state index in [1.54, 1.807) is 10.8 Å². The summed E-state index contributed by atoms with van der Waals surface area (Å²) in [7, 11) is 6.20. The van der Waals surface area contributed by atoms with Gasteiger partial charge in [0.1, 0.15) is 5.65 Å². The highest BCUT2D eigenvalue weighted by molar-refractivity contribution is 5.82. The zero-order chi connectivity index (χ0) is 26.5. The molecule has 9 nitrogen and oxygen atoms in total. The standard InChI is InChI=1S/C28H35N7O2/c1-6-20-17-26(37)35(24-13-9-21(10-14-24)30-19(2)36)27-25(20)18-29-28(32-27)31-22-7-11-23(12-8-22)34(5)16-15-33(3)4/h1,7-8,11-12,17-18,21,24H,9-10,13-16H2,2-5H3,(H,30,36)(H,29,31,32). The fourth-order valence-corrected chi connectivity index (χ4v) is 4.83. The predicted molar refractivity (Wildman–Crippen MR) is 148 cm³/mol. The molecule has 0 spiro atoms. The summed E-state index contributed by atoms with van der Waals surface area (Å²) in [5.74, 6) is 2.98. The summed E-state index contributed by atoms with van der Waals surface area (Å²) in [6, 6.07) is 9.69. The van der Waals surface area contributed by atoms with E-state index in [0.717, 1.165) is 50.1 Å². The molecule has 2 N–H and O–H groups in total. The van der Waals surface area contributed by atoms with E-state index in [1.165, 1.54) is 13.0 Å². The van der Waals surface area contributed by atoms with Gasteiger partial charge in [-0.15, -0.1) is 6.42 Å². The Bertz CT molecular complexity index is 1350. The van der Waals surface area contributed by atoms with Gasteiger partial charge in [-0.1, -0.05) is 5.92 Å². The predicted octanol–water partition coefficient (Wildman–Crippen LogP) is 3.13. The molecule has 4 rings (SSSR count). The summed E-state index contributed by atoms with van der Waals surface area (Å²) in [4.78, 5) is 38.2. The molecule has 2 aromatic heterocycles. The number of carbonyl (C=O) groups excluding carboxylic acids is 1. The highest BCUT2D eigenvalue weighted by atomic mass is 16.1. The Hall–Kier alpha value is -3.90. The van der Waals surface area contributed by atoms with Crippen molar-refractivity contribution in [1.29, 1.82) is 0 Å². The summed E-state index contributed by atoms with van der Waals surface area (Å²) in [5.41, 5.74) is 2.81. The maximum atomic E-state index is 13.1. The maximum Gasteiger partial charge on any atom is 0.253 e. The molecule has 1 aromatic carbocycles. The second kappa shape index (κ2) is 11.4. The van der Waals surface area contributed by atoms with Gasteiger partial charge in [0, 0.05) is 68.3 Å². The normalized spacial score (nSPS) is 17.4. The summed E-state index contributed by atoms with van der Waals surface area (Å²) < 4.78 is 1.75. The van der Waals surface area contributed by atoms with Crippen LogP contribution in [-0.2, 0) is 4.79 Å². The molecule has 1 aliphatic carbocycles. The van der Waals surface area contributed by atoms with E-state index in [0.29, 0.717) is 22.5 Å². The van der Waals surface area contributed by atoms with Gasteiger partial charge in [-0.3, -0.25) is 14.2 Å². The number of likely N-dealkylation sites (N-methyl/N-ethyl adjacent to an activating group) is 2. The topological polar surface area (TPSA) is 95.4 Å². The van der Waals surface area contributed by atoms with Gasteiger partial charge >= 0.3 is 0 Å². The van der Waals surface area contributed by atoms with E-state index in [2.05, 4.69) is 64.6 Å². The van der Waals surface area contributed by atoms with E-state index in [4.69, 9.17) is 11.4 Å². The van der Waals surface area contributed by atoms with Gasteiger partial charge in [0.2, 0.25) is 11.9 Å². The van der Waals surface area contributed by atoms with Crippen molar-refractivity contribution >= 4 is 34.3 Å². The Morgan fingerprint density at radius 3 is 2.46 bits per heavy atom. The van der Waals surface area contributed by atoms with Gasteiger partial charge in [0.15, 0.2) is 0 Å². The molecule has 0 unspecified atom stereocenters. The minimum atomic E-state index is -0.168. The van der Waals surface area contributed by atoms with Crippen molar-refractivity contribution in [2.24, 2.45) is 0 Å². The average molecular weight is 502 g/mol. The Kier molecular flexibility index (Phi) is 8.09. The molecule has 194 valence electrons. The minimum Gasteiger partial charge on any atom is -0.373 e. The third-order valence-corrected chi connectivity index (χ3v) is 6.86. The lowest BCUT2D eigenvalue weighted by Gasteiger charge is -2.30. The lowest BCUT2D eigenvalue weighted by Crippen LogP contribution is -2.38. The Morgan fingerprint density at radius 2 is 1.84 bits per heavy atom. The monoisotopic (exact) mass is 501 g/mol. The summed E-state index contributed by atoms with van der Waals surface area (Å²) in [6.45, 7) is 3.43. The number of nitrogens with zero attached hydrogens (tertiary/aromatic N) is 5. The van der Waals surface area contributed by atoms with Crippen LogP contribution in [-0.4, -0.2) is 65.6 Å². The first-order valence-electron chi connectivity index (χ1n) is 12.6. The maximum absolute atomic E-state index is 13.1. The quantitative estimate of drug-likeness (QED) is 0.458. The molecule has 2 heterocycles. The fraction of sp³-hybridized carbons (Fsp3) is 0.429. The Labute approximate surface area is 217 Å². The first-order chi connectivity index (χ1) is 17.7. The lowest BCUT2D eigenvalue weighted by atomic mass is 9.90. The number of hydrogen-bond acceptors (Lipinski definition) is 7. The van der Waals surface area contributed by atoms with Gasteiger partial charge < -0.3 is 20.4 Å². The Morgan fingerprint density at radius 1 is 1.14 bits per heavy atom. The summed E-state index contributed by atoms with van der Waals surface area (Å²) >= 11 is 0. The van der Waals surface area contributed by atoms with Gasteiger partial charge in [-0.25, -0.2) is 4.98 Å². The highest BCUT2D eigenvalue weighted by Gasteiger charge is 2.25. The molecule has 37 heavy (non-hydrogen) atoms. The van der Waals surface area contributed by atoms with Crippen molar-refractivity contribution in [3.8, 4) is 12.3 Å². The molecular formula is C28H35N7O2. The van der Waals surface area contributed by atoms with Crippen LogP contribution in [0.2, 0.25) is 0 Å². The van der Waals surface area contributed by atoms with Crippen molar-refractivity contribution in [3.63, 3.8) is 0 Å². The van der Waals surface area contributed by atoms with E-state index >= 15 is 0 Å². The van der Waals surface area contributed by atoms with Gasteiger partial charge in [-0.05, 0) is 64.0 Å². The van der Waals surface area contributed by atoms with E-state index in [-0.39, 0.29) is 23.6 Å². The molecule has 0 bridgehead atoms. The van der Waals surface area contributed by atoms with Crippen LogP contribution < -0.4 is 21.1 Å². The first-order valence-corrected chi connectivity index (χ1v) is 12.6. The number of pyridine rings is 1. The number of aromatic nitrogens is 3. The summed E-state index contributed by atoms with van der Waals surface area (Å²) in [5, 5.41) is 6.93. The van der Waals surface area contributed by atoms with Crippen LogP contribution in [0.5, 0.6) is 0 Å². The third-order valence-electron chi connectivity index (χ3n) is 6.86. The van der Waals surface area contributed by atoms with Gasteiger partial charge in [0.25, 0.3) is 5.56 Å². The molecule has 0 aliphatic heterocycles. The smallest absolute Gasteiger partial charge is 0.253 e. The first kappa shape index (κ1) is 26.2. The molecule has 1 amide bonds. The van der Waals surface area contributed by atoms with Crippen LogP contribution in [0.1, 0.15) is 44.2 Å². The number of benzene rings is 1. The largest absolute Gasteiger partial charge is 0.373 e. The second-order valence-corrected chi connectivity index (χ2v) is 9.94. The molecule has 0 radical (unpaired) electrons. The molecule has 0 saturated heterocycles. The molecule has 1 saturated carbocycles. The fourth-order valence-electron chi connectivity index (χ4n) is 4.83. The van der Waals surface area contributed by atoms with E-state index < -0.39 is 0 Å². The van der Waals surface area contributed by atoms with Crippen LogP contribution in [0.15, 0.2) is 41.3 Å². The summed E-state index contributed by atoms with van der Waals surface area (Å²) in [6.07, 6.45) is 10.5. The Balaban J connectivity index is 1.59. The molecule has 3 aromatic rings. The van der Waals surface area contributed by atoms with E-state index in [1.807, 2.05) is 12.1 Å². The van der Waals surface area contributed by atoms with Crippen LogP contribution >= 0.6 is 0 Å². The highest BCUT2D eigenvalue weighted by Crippen LogP contribution is 2.30. The number of rotatable bonds is 8. The zero-order valence-corrected chi connectivity index (χ0v) is 22.0. The molecule has 0 atom stereocenters. The minimum absolute atomic E-state index is 0.0217. The number of carbonyl (C=O) groups is 1. The molecule has 9 heteroatoms. The van der Waals surface area contributed by atoms with Crippen LogP contribution in [0.4, 0.5) is 17.3 Å². The van der Waals surface area contributed by atoms with Gasteiger partial charge in [0.05, 0.1) is 5.39 Å². The zero-order valence-electron chi connectivity index (χ0n) is 22.0. The van der Waals surface area contributed by atoms with Crippen LogP contribution in [0.25, 0.3) is 11.0 Å². The number of nitrogens with one attached hydrogen (secondary N) is 2. The van der Waals surface area contributed by atoms with Crippen molar-refractivity contribution in [1.82, 2.24) is 24.8 Å². The number of fused-ring (bicyclic) bond motifs is 1. The average Bonchev–Trinajstić information content (AvgIpc) is 2.87. The van der Waals surface area contributed by atoms with E-state index in [9.17, 15) is 9.59 Å². The third kappa shape index (κ3) is 6.27. The number of amides is 1. The van der Waals surface area contributed by atoms with Crippen molar-refractivity contribution < 1.29 is 4.79 Å². The van der Waals surface area contributed by atoms with Crippen LogP contribution in [0.3, 0.4) is 0 Å². The molecular weight excluding hydrogens is 466 g/mol. The molecule has 1 aliphatic rings. The second-order valence-electron chi connectivity index (χ2n) is 9.94. The number of terminal acetylenes is 1. The van der Waals surface area contributed by atoms with Crippen molar-refractivity contribution in [3.05, 3.63) is 52.4 Å².